The molecule has 0 aliphatic rings. The minimum absolute atomic E-state index is 0.109. The van der Waals surface area contributed by atoms with Crippen molar-refractivity contribution >= 4 is 5.78 Å². The standard InChI is InChI=1S/C10H13NO/c1-3-8-5-6-9(11-7-8)10(12)4-2/h5-7H,3-4H2,1-2H3. The highest BCUT2D eigenvalue weighted by Crippen LogP contribution is 2.02. The molecule has 0 bridgehead atoms. The predicted octanol–water partition coefficient (Wildman–Crippen LogP) is 2.24. The number of aryl methyl sites for hydroxylation is 1. The fourth-order valence-electron chi connectivity index (χ4n) is 0.980. The molecule has 1 rings (SSSR count). The van der Waals surface area contributed by atoms with Crippen molar-refractivity contribution in [3.8, 4) is 0 Å². The molecule has 1 aromatic heterocycles. The molecule has 0 N–H and O–H groups in total. The van der Waals surface area contributed by atoms with Gasteiger partial charge in [-0.1, -0.05) is 19.9 Å². The van der Waals surface area contributed by atoms with Gasteiger partial charge in [-0.15, -0.1) is 0 Å². The summed E-state index contributed by atoms with van der Waals surface area (Å²) < 4.78 is 0. The van der Waals surface area contributed by atoms with E-state index in [2.05, 4.69) is 11.9 Å². The average Bonchev–Trinajstić information content (AvgIpc) is 2.17. The molecule has 2 nitrogen and oxygen atoms in total. The van der Waals surface area contributed by atoms with E-state index in [1.54, 1.807) is 12.3 Å². The van der Waals surface area contributed by atoms with Crippen LogP contribution in [0.25, 0.3) is 0 Å². The minimum Gasteiger partial charge on any atom is -0.292 e. The van der Waals surface area contributed by atoms with Gasteiger partial charge in [-0.3, -0.25) is 9.78 Å². The number of pyridine rings is 1. The second kappa shape index (κ2) is 4.00. The van der Waals surface area contributed by atoms with Gasteiger partial charge in [0.2, 0.25) is 0 Å². The summed E-state index contributed by atoms with van der Waals surface area (Å²) in [5.41, 5.74) is 1.75. The monoisotopic (exact) mass is 163 g/mol. The fraction of sp³-hybridized carbons (Fsp3) is 0.400. The Morgan fingerprint density at radius 2 is 2.17 bits per heavy atom. The molecule has 0 aliphatic heterocycles. The summed E-state index contributed by atoms with van der Waals surface area (Å²) in [6.45, 7) is 3.91. The molecule has 0 aliphatic carbocycles. The molecule has 0 saturated heterocycles. The number of hydrogen-bond acceptors (Lipinski definition) is 2. The van der Waals surface area contributed by atoms with E-state index < -0.39 is 0 Å². The lowest BCUT2D eigenvalue weighted by Gasteiger charge is -1.98. The molecular weight excluding hydrogens is 150 g/mol. The molecule has 1 aromatic rings. The molecular formula is C10H13NO. The van der Waals surface area contributed by atoms with Crippen molar-refractivity contribution in [1.82, 2.24) is 4.98 Å². The van der Waals surface area contributed by atoms with Crippen LogP contribution in [0.15, 0.2) is 18.3 Å². The van der Waals surface area contributed by atoms with Crippen LogP contribution in [0, 0.1) is 0 Å². The molecule has 0 unspecified atom stereocenters. The molecule has 1 heterocycles. The average molecular weight is 163 g/mol. The van der Waals surface area contributed by atoms with Crippen molar-refractivity contribution < 1.29 is 4.79 Å². The van der Waals surface area contributed by atoms with Gasteiger partial charge in [0.25, 0.3) is 0 Å². The van der Waals surface area contributed by atoms with Crippen LogP contribution in [0.3, 0.4) is 0 Å². The maximum Gasteiger partial charge on any atom is 0.180 e. The van der Waals surface area contributed by atoms with Gasteiger partial charge in [-0.2, -0.15) is 0 Å². The predicted molar refractivity (Wildman–Crippen MR) is 48.2 cm³/mol. The van der Waals surface area contributed by atoms with E-state index in [9.17, 15) is 4.79 Å². The van der Waals surface area contributed by atoms with E-state index in [-0.39, 0.29) is 5.78 Å². The first-order valence-electron chi connectivity index (χ1n) is 4.26. The second-order valence-electron chi connectivity index (χ2n) is 2.68. The van der Waals surface area contributed by atoms with Crippen LogP contribution in [0.1, 0.15) is 36.3 Å². The van der Waals surface area contributed by atoms with Gasteiger partial charge < -0.3 is 0 Å². The zero-order valence-electron chi connectivity index (χ0n) is 7.50. The number of aromatic nitrogens is 1. The summed E-state index contributed by atoms with van der Waals surface area (Å²) in [6, 6.07) is 3.75. The summed E-state index contributed by atoms with van der Waals surface area (Å²) in [7, 11) is 0. The number of hydrogen-bond donors (Lipinski definition) is 0. The Hall–Kier alpha value is -1.18. The van der Waals surface area contributed by atoms with Crippen LogP contribution >= 0.6 is 0 Å². The summed E-state index contributed by atoms with van der Waals surface area (Å²) in [4.78, 5) is 15.2. The number of Topliss-reactive ketones (excluding diaryl/α,β-unsaturated/α-hetero) is 1. The topological polar surface area (TPSA) is 30.0 Å². The zero-order chi connectivity index (χ0) is 8.97. The quantitative estimate of drug-likeness (QED) is 0.639. The van der Waals surface area contributed by atoms with Crippen LogP contribution in [-0.2, 0) is 6.42 Å². The van der Waals surface area contributed by atoms with Crippen molar-refractivity contribution in [3.05, 3.63) is 29.6 Å². The molecule has 0 amide bonds. The van der Waals surface area contributed by atoms with Crippen LogP contribution < -0.4 is 0 Å². The highest BCUT2D eigenvalue weighted by Gasteiger charge is 2.02. The van der Waals surface area contributed by atoms with Gasteiger partial charge in [-0.05, 0) is 18.1 Å². The number of nitrogens with zero attached hydrogens (tertiary/aromatic N) is 1. The Bertz CT molecular complexity index is 264. The highest BCUT2D eigenvalue weighted by molar-refractivity contribution is 5.93. The Morgan fingerprint density at radius 3 is 2.58 bits per heavy atom. The van der Waals surface area contributed by atoms with Gasteiger partial charge in [0, 0.05) is 12.6 Å². The lowest BCUT2D eigenvalue weighted by Crippen LogP contribution is -1.99. The highest BCUT2D eigenvalue weighted by atomic mass is 16.1. The van der Waals surface area contributed by atoms with Crippen LogP contribution in [0.5, 0.6) is 0 Å². The fourth-order valence-corrected chi connectivity index (χ4v) is 0.980. The Labute approximate surface area is 72.6 Å². The van der Waals surface area contributed by atoms with E-state index in [4.69, 9.17) is 0 Å². The second-order valence-corrected chi connectivity index (χ2v) is 2.68. The molecule has 12 heavy (non-hydrogen) atoms. The van der Waals surface area contributed by atoms with Crippen molar-refractivity contribution in [3.63, 3.8) is 0 Å². The van der Waals surface area contributed by atoms with Crippen molar-refractivity contribution in [2.45, 2.75) is 26.7 Å². The normalized spacial score (nSPS) is 9.83. The van der Waals surface area contributed by atoms with E-state index in [1.807, 2.05) is 13.0 Å². The van der Waals surface area contributed by atoms with Gasteiger partial charge in [0.1, 0.15) is 5.69 Å². The third-order valence-corrected chi connectivity index (χ3v) is 1.84. The van der Waals surface area contributed by atoms with Crippen molar-refractivity contribution in [2.75, 3.05) is 0 Å². The third kappa shape index (κ3) is 1.91. The van der Waals surface area contributed by atoms with E-state index in [1.165, 1.54) is 5.56 Å². The molecule has 64 valence electrons. The third-order valence-electron chi connectivity index (χ3n) is 1.84. The first kappa shape index (κ1) is 8.91. The summed E-state index contributed by atoms with van der Waals surface area (Å²) >= 11 is 0. The van der Waals surface area contributed by atoms with E-state index in [0.29, 0.717) is 12.1 Å². The van der Waals surface area contributed by atoms with E-state index >= 15 is 0 Å². The summed E-state index contributed by atoms with van der Waals surface area (Å²) in [6.07, 6.45) is 3.26. The van der Waals surface area contributed by atoms with Gasteiger partial charge in [-0.25, -0.2) is 0 Å². The molecule has 0 spiro atoms. The van der Waals surface area contributed by atoms with Crippen molar-refractivity contribution in [2.24, 2.45) is 0 Å². The summed E-state index contributed by atoms with van der Waals surface area (Å²) in [5, 5.41) is 0. The van der Waals surface area contributed by atoms with Gasteiger partial charge in [0.05, 0.1) is 0 Å². The molecule has 0 saturated carbocycles. The molecule has 0 aromatic carbocycles. The SMILES string of the molecule is CCC(=O)c1ccc(CC)cn1. The maximum atomic E-state index is 11.2. The number of carbonyl (C=O) groups excluding carboxylic acids is 1. The molecule has 0 fully saturated rings. The Morgan fingerprint density at radius 1 is 1.42 bits per heavy atom. The summed E-state index contributed by atoms with van der Waals surface area (Å²) in [5.74, 6) is 0.109. The lowest BCUT2D eigenvalue weighted by molar-refractivity contribution is 0.0983. The number of carbonyl (C=O) groups is 1. The maximum absolute atomic E-state index is 11.2. The lowest BCUT2D eigenvalue weighted by atomic mass is 10.1. The first-order valence-corrected chi connectivity index (χ1v) is 4.26. The Kier molecular flexibility index (Phi) is 2.97. The molecule has 0 radical (unpaired) electrons. The Balaban J connectivity index is 2.84. The van der Waals surface area contributed by atoms with Crippen molar-refractivity contribution in [1.29, 1.82) is 0 Å². The number of rotatable bonds is 3. The molecule has 2 heteroatoms. The van der Waals surface area contributed by atoms with E-state index in [0.717, 1.165) is 6.42 Å². The smallest absolute Gasteiger partial charge is 0.180 e. The minimum atomic E-state index is 0.109. The first-order chi connectivity index (χ1) is 5.77. The van der Waals surface area contributed by atoms with Crippen LogP contribution in [0.2, 0.25) is 0 Å². The van der Waals surface area contributed by atoms with Gasteiger partial charge in [0.15, 0.2) is 5.78 Å². The van der Waals surface area contributed by atoms with Gasteiger partial charge >= 0.3 is 0 Å². The number of ketones is 1. The largest absolute Gasteiger partial charge is 0.292 e. The van der Waals surface area contributed by atoms with Crippen LogP contribution in [0.4, 0.5) is 0 Å². The van der Waals surface area contributed by atoms with Crippen LogP contribution in [-0.4, -0.2) is 10.8 Å². The zero-order valence-corrected chi connectivity index (χ0v) is 7.50. The molecule has 0 atom stereocenters.